The van der Waals surface area contributed by atoms with Crippen LogP contribution in [0.5, 0.6) is 0 Å². The molecule has 3 saturated carbocycles. The summed E-state index contributed by atoms with van der Waals surface area (Å²) in [4.78, 5) is 9.24. The number of hydrogen-bond donors (Lipinski definition) is 3. The van der Waals surface area contributed by atoms with Crippen LogP contribution in [0.1, 0.15) is 125 Å². The topological polar surface area (TPSA) is 83.5 Å². The Labute approximate surface area is 216 Å². The van der Waals surface area contributed by atoms with Crippen molar-refractivity contribution in [3.05, 3.63) is 11.6 Å². The molecular formula is C31H57NO3. The Bertz CT molecular complexity index is 689. The molecule has 0 aromatic heterocycles. The second kappa shape index (κ2) is 13.6. The van der Waals surface area contributed by atoms with E-state index in [4.69, 9.17) is 5.11 Å². The van der Waals surface area contributed by atoms with Gasteiger partial charge in [0.2, 0.25) is 0 Å². The highest BCUT2D eigenvalue weighted by molar-refractivity contribution is 5.68. The molecule has 0 saturated heterocycles. The molecule has 7 atom stereocenters. The molecule has 0 amide bonds. The van der Waals surface area contributed by atoms with E-state index in [1.54, 1.807) is 5.57 Å². The Balaban J connectivity index is 0.000000473. The highest BCUT2D eigenvalue weighted by atomic mass is 16.4. The number of carboxylic acid groups (broad SMARTS) is 1. The zero-order valence-corrected chi connectivity index (χ0v) is 23.8. The summed E-state index contributed by atoms with van der Waals surface area (Å²) in [6.45, 7) is 13.9. The normalized spacial score (nSPS) is 37.5. The number of allylic oxidation sites excluding steroid dienone is 1. The van der Waals surface area contributed by atoms with Gasteiger partial charge < -0.3 is 15.9 Å². The maximum atomic E-state index is 10.2. The third kappa shape index (κ3) is 7.34. The average Bonchev–Trinajstić information content (AvgIpc) is 3.14. The zero-order chi connectivity index (χ0) is 26.2. The number of nitrogens with two attached hydrogens (primary N) is 1. The predicted octanol–water partition coefficient (Wildman–Crippen LogP) is 7.59. The lowest BCUT2D eigenvalue weighted by Crippen LogP contribution is -2.50. The first-order valence-corrected chi connectivity index (χ1v) is 14.8. The van der Waals surface area contributed by atoms with Crippen molar-refractivity contribution in [3.8, 4) is 0 Å². The van der Waals surface area contributed by atoms with Gasteiger partial charge in [0.05, 0.1) is 12.6 Å². The molecule has 4 aliphatic carbocycles. The lowest BCUT2D eigenvalue weighted by molar-refractivity contribution is -0.135. The Morgan fingerprint density at radius 1 is 1.09 bits per heavy atom. The van der Waals surface area contributed by atoms with Crippen LogP contribution in [-0.2, 0) is 4.79 Å². The standard InChI is InChI=1S/C26H44O.C3H8.C2H5NO2/c1-18(2)7-5-6-8-19-10-12-23-22-11-9-20-17-21(27)13-15-26(20,4)24(22)14-16-25(19,23)3;1-3-2;3-1-2(4)5/h9,18-19,21-24,27H,5-8,10-17H2,1-4H3;3H2,1-2H3;1,3H2,(H,4,5)/t19-,21-,22?,23?,24?,25+,26?;;/m0../s1. The molecule has 4 nitrogen and oxygen atoms in total. The predicted molar refractivity (Wildman–Crippen MR) is 147 cm³/mol. The lowest BCUT2D eigenvalue weighted by atomic mass is 9.47. The van der Waals surface area contributed by atoms with Crippen LogP contribution in [0.25, 0.3) is 0 Å². The number of aliphatic carboxylic acids is 1. The molecule has 0 spiro atoms. The Morgan fingerprint density at radius 2 is 1.74 bits per heavy atom. The van der Waals surface area contributed by atoms with Crippen LogP contribution in [0.2, 0.25) is 0 Å². The summed E-state index contributed by atoms with van der Waals surface area (Å²) in [6.07, 6.45) is 20.0. The molecule has 0 radical (unpaired) electrons. The zero-order valence-electron chi connectivity index (χ0n) is 23.8. The van der Waals surface area contributed by atoms with Crippen LogP contribution in [0, 0.1) is 40.4 Å². The van der Waals surface area contributed by atoms with Gasteiger partial charge >= 0.3 is 5.97 Å². The second-order valence-electron chi connectivity index (χ2n) is 13.0. The second-order valence-corrected chi connectivity index (χ2v) is 13.0. The maximum Gasteiger partial charge on any atom is 0.317 e. The first kappa shape index (κ1) is 30.4. The van der Waals surface area contributed by atoms with E-state index < -0.39 is 5.97 Å². The van der Waals surface area contributed by atoms with Crippen molar-refractivity contribution in [2.24, 2.45) is 46.2 Å². The Hall–Kier alpha value is -0.870. The van der Waals surface area contributed by atoms with E-state index in [1.807, 2.05) is 0 Å². The minimum Gasteiger partial charge on any atom is -0.480 e. The van der Waals surface area contributed by atoms with Gasteiger partial charge in [-0.3, -0.25) is 4.79 Å². The van der Waals surface area contributed by atoms with Gasteiger partial charge in [0.15, 0.2) is 0 Å². The minimum atomic E-state index is -0.968. The number of carbonyl (C=O) groups is 1. The number of carboxylic acids is 1. The number of rotatable bonds is 6. The van der Waals surface area contributed by atoms with Crippen LogP contribution in [0.4, 0.5) is 0 Å². The van der Waals surface area contributed by atoms with Crippen molar-refractivity contribution < 1.29 is 15.0 Å². The molecule has 0 aromatic carbocycles. The van der Waals surface area contributed by atoms with Crippen LogP contribution in [-0.4, -0.2) is 28.8 Å². The number of fused-ring (bicyclic) bond motifs is 5. The van der Waals surface area contributed by atoms with Gasteiger partial charge in [-0.05, 0) is 98.2 Å². The number of unbranched alkanes of at least 4 members (excludes halogenated alkanes) is 1. The molecular weight excluding hydrogens is 434 g/mol. The summed E-state index contributed by atoms with van der Waals surface area (Å²) < 4.78 is 0. The van der Waals surface area contributed by atoms with Gasteiger partial charge in [0, 0.05) is 0 Å². The van der Waals surface area contributed by atoms with Crippen molar-refractivity contribution >= 4 is 5.97 Å². The summed E-state index contributed by atoms with van der Waals surface area (Å²) in [5, 5.41) is 17.8. The number of aliphatic hydroxyl groups is 1. The van der Waals surface area contributed by atoms with Crippen molar-refractivity contribution in [2.75, 3.05) is 6.54 Å². The quantitative estimate of drug-likeness (QED) is 0.264. The van der Waals surface area contributed by atoms with Gasteiger partial charge in [-0.25, -0.2) is 0 Å². The van der Waals surface area contributed by atoms with Gasteiger partial charge in [-0.1, -0.05) is 78.9 Å². The molecule has 4 unspecified atom stereocenters. The van der Waals surface area contributed by atoms with E-state index in [1.165, 1.54) is 70.6 Å². The van der Waals surface area contributed by atoms with E-state index >= 15 is 0 Å². The highest BCUT2D eigenvalue weighted by Crippen LogP contribution is 2.66. The number of hydrogen-bond acceptors (Lipinski definition) is 3. The summed E-state index contributed by atoms with van der Waals surface area (Å²) in [5.74, 6) is 3.67. The number of aliphatic hydroxyl groups excluding tert-OH is 1. The van der Waals surface area contributed by atoms with E-state index in [2.05, 4.69) is 53.4 Å². The molecule has 204 valence electrons. The van der Waals surface area contributed by atoms with Gasteiger partial charge in [-0.15, -0.1) is 0 Å². The molecule has 0 bridgehead atoms. The Kier molecular flexibility index (Phi) is 11.8. The van der Waals surface area contributed by atoms with Crippen molar-refractivity contribution in [1.82, 2.24) is 0 Å². The first-order chi connectivity index (χ1) is 16.5. The summed E-state index contributed by atoms with van der Waals surface area (Å²) >= 11 is 0. The molecule has 4 aliphatic rings. The molecule has 0 aliphatic heterocycles. The van der Waals surface area contributed by atoms with E-state index in [-0.39, 0.29) is 12.6 Å². The monoisotopic (exact) mass is 491 g/mol. The van der Waals surface area contributed by atoms with Gasteiger partial charge in [0.1, 0.15) is 0 Å². The molecule has 0 aromatic rings. The average molecular weight is 492 g/mol. The molecule has 4 N–H and O–H groups in total. The summed E-state index contributed by atoms with van der Waals surface area (Å²) in [7, 11) is 0. The fourth-order valence-corrected chi connectivity index (χ4v) is 8.17. The minimum absolute atomic E-state index is 0.0727. The van der Waals surface area contributed by atoms with Crippen molar-refractivity contribution in [2.45, 2.75) is 131 Å². The molecule has 3 fully saturated rings. The lowest BCUT2D eigenvalue weighted by Gasteiger charge is -2.58. The Morgan fingerprint density at radius 3 is 2.34 bits per heavy atom. The smallest absolute Gasteiger partial charge is 0.317 e. The van der Waals surface area contributed by atoms with E-state index in [9.17, 15) is 9.90 Å². The van der Waals surface area contributed by atoms with Crippen LogP contribution in [0.3, 0.4) is 0 Å². The van der Waals surface area contributed by atoms with Gasteiger partial charge in [0.25, 0.3) is 0 Å². The molecule has 0 heterocycles. The fraction of sp³-hybridized carbons (Fsp3) is 0.903. The first-order valence-electron chi connectivity index (χ1n) is 14.8. The fourth-order valence-electron chi connectivity index (χ4n) is 8.17. The summed E-state index contributed by atoms with van der Waals surface area (Å²) in [6, 6.07) is 0. The third-order valence-electron chi connectivity index (χ3n) is 10.0. The summed E-state index contributed by atoms with van der Waals surface area (Å²) in [5.41, 5.74) is 7.21. The van der Waals surface area contributed by atoms with E-state index in [0.717, 1.165) is 42.4 Å². The van der Waals surface area contributed by atoms with Crippen molar-refractivity contribution in [1.29, 1.82) is 0 Å². The van der Waals surface area contributed by atoms with Crippen LogP contribution < -0.4 is 5.73 Å². The maximum absolute atomic E-state index is 10.2. The largest absolute Gasteiger partial charge is 0.480 e. The third-order valence-corrected chi connectivity index (χ3v) is 10.0. The SMILES string of the molecule is CC(C)CCCC[C@H]1CCC2C3CC=C4C[C@@H](O)CCC4(C)C3CC[C@@]21C.CCC.NCC(=O)O. The van der Waals surface area contributed by atoms with Crippen LogP contribution in [0.15, 0.2) is 11.6 Å². The van der Waals surface area contributed by atoms with Gasteiger partial charge in [-0.2, -0.15) is 0 Å². The molecule has 4 rings (SSSR count). The molecule has 4 heteroatoms. The highest BCUT2D eigenvalue weighted by Gasteiger charge is 2.58. The molecule has 35 heavy (non-hydrogen) atoms. The van der Waals surface area contributed by atoms with E-state index in [0.29, 0.717) is 10.8 Å². The van der Waals surface area contributed by atoms with Crippen molar-refractivity contribution in [3.63, 3.8) is 0 Å². The van der Waals surface area contributed by atoms with Crippen LogP contribution >= 0.6 is 0 Å².